The fourth-order valence-electron chi connectivity index (χ4n) is 3.47. The Morgan fingerprint density at radius 3 is 2.75 bits per heavy atom. The molecule has 3 atom stereocenters. The summed E-state index contributed by atoms with van der Waals surface area (Å²) in [7, 11) is 0. The first-order chi connectivity index (χ1) is 7.55. The highest BCUT2D eigenvalue weighted by molar-refractivity contribution is 5.71. The topological polar surface area (TPSA) is 37.3 Å². The van der Waals surface area contributed by atoms with Gasteiger partial charge in [0.05, 0.1) is 19.6 Å². The second kappa shape index (κ2) is 4.21. The average Bonchev–Trinajstić information content (AvgIpc) is 2.71. The van der Waals surface area contributed by atoms with Gasteiger partial charge in [0.2, 0.25) is 0 Å². The number of hydrogen-bond donors (Lipinski definition) is 1. The Kier molecular flexibility index (Phi) is 3.06. The third kappa shape index (κ3) is 1.88. The van der Waals surface area contributed by atoms with Gasteiger partial charge in [0.15, 0.2) is 0 Å². The van der Waals surface area contributed by atoms with E-state index in [1.807, 2.05) is 0 Å². The number of fused-ring (bicyclic) bond motifs is 1. The molecule has 0 bridgehead atoms. The minimum atomic E-state index is -0.580. The van der Waals surface area contributed by atoms with Gasteiger partial charge in [-0.05, 0) is 19.9 Å². The van der Waals surface area contributed by atoms with Gasteiger partial charge in [-0.2, -0.15) is 0 Å². The molecule has 0 unspecified atom stereocenters. The van der Waals surface area contributed by atoms with Crippen LogP contribution in [0.1, 0.15) is 33.1 Å². The molecule has 0 aromatic heterocycles. The van der Waals surface area contributed by atoms with Gasteiger partial charge in [0, 0.05) is 19.3 Å². The van der Waals surface area contributed by atoms with E-state index in [2.05, 4.69) is 19.9 Å². The summed E-state index contributed by atoms with van der Waals surface area (Å²) in [6.45, 7) is 7.52. The molecule has 0 saturated carbocycles. The van der Waals surface area contributed by atoms with E-state index >= 15 is 0 Å². The minimum absolute atomic E-state index is 0.0898. The van der Waals surface area contributed by atoms with Gasteiger partial charge in [0.25, 0.3) is 0 Å². The predicted molar refractivity (Wildman–Crippen MR) is 63.1 cm³/mol. The van der Waals surface area contributed by atoms with Crippen LogP contribution in [-0.4, -0.2) is 41.2 Å². The lowest BCUT2D eigenvalue weighted by Crippen LogP contribution is -2.49. The van der Waals surface area contributed by atoms with E-state index in [1.165, 1.54) is 18.5 Å². The first-order valence-corrected chi connectivity index (χ1v) is 6.27. The molecule has 2 fully saturated rings. The molecule has 16 heavy (non-hydrogen) atoms. The Labute approximate surface area is 97.3 Å². The van der Waals surface area contributed by atoms with Gasteiger partial charge in [-0.3, -0.25) is 4.79 Å². The van der Waals surface area contributed by atoms with Crippen molar-refractivity contribution in [2.45, 2.75) is 39.2 Å². The summed E-state index contributed by atoms with van der Waals surface area (Å²) < 4.78 is 1.04. The predicted octanol–water partition coefficient (Wildman–Crippen LogP) is 2.04. The first kappa shape index (κ1) is 11.6. The van der Waals surface area contributed by atoms with E-state index in [1.54, 1.807) is 0 Å². The SMILES string of the molecule is CC(C)=CC[N@@+]12CCC[C@@H]1[C@H](C(=O)O)CC2. The van der Waals surface area contributed by atoms with Crippen LogP contribution in [0.5, 0.6) is 0 Å². The van der Waals surface area contributed by atoms with Crippen LogP contribution in [-0.2, 0) is 4.79 Å². The molecule has 3 nitrogen and oxygen atoms in total. The fourth-order valence-corrected chi connectivity index (χ4v) is 3.47. The molecular formula is C13H22NO2+. The summed E-state index contributed by atoms with van der Waals surface area (Å²) in [5, 5.41) is 9.23. The van der Waals surface area contributed by atoms with Crippen molar-refractivity contribution in [3.63, 3.8) is 0 Å². The maximum atomic E-state index is 11.2. The number of nitrogens with zero attached hydrogens (tertiary/aromatic N) is 1. The van der Waals surface area contributed by atoms with E-state index in [9.17, 15) is 9.90 Å². The van der Waals surface area contributed by atoms with Gasteiger partial charge in [-0.15, -0.1) is 0 Å². The van der Waals surface area contributed by atoms with Crippen molar-refractivity contribution in [1.82, 2.24) is 0 Å². The molecule has 1 N–H and O–H groups in total. The molecule has 2 aliphatic rings. The van der Waals surface area contributed by atoms with Crippen LogP contribution in [0.4, 0.5) is 0 Å². The molecule has 2 aliphatic heterocycles. The molecule has 0 spiro atoms. The maximum Gasteiger partial charge on any atom is 0.312 e. The van der Waals surface area contributed by atoms with Crippen LogP contribution in [0.3, 0.4) is 0 Å². The zero-order chi connectivity index (χ0) is 11.8. The highest BCUT2D eigenvalue weighted by Crippen LogP contribution is 2.40. The van der Waals surface area contributed by atoms with Crippen molar-refractivity contribution in [2.24, 2.45) is 5.92 Å². The Bertz CT molecular complexity index is 320. The molecule has 3 heteroatoms. The van der Waals surface area contributed by atoms with Gasteiger partial charge < -0.3 is 9.59 Å². The summed E-state index contributed by atoms with van der Waals surface area (Å²) in [6, 6.07) is 0.382. The molecule has 0 aromatic carbocycles. The summed E-state index contributed by atoms with van der Waals surface area (Å²) in [5.74, 6) is -0.669. The fraction of sp³-hybridized carbons (Fsp3) is 0.769. The van der Waals surface area contributed by atoms with E-state index in [0.29, 0.717) is 6.04 Å². The first-order valence-electron chi connectivity index (χ1n) is 6.27. The standard InChI is InChI=1S/C13H21NO2/c1-10(2)5-8-14-7-3-4-12(14)11(6-9-14)13(15)16/h5,11-12H,3-4,6-9H2,1-2H3/p+1/t11-,12-,14-/m1/s1. The van der Waals surface area contributed by atoms with Crippen LogP contribution in [0.15, 0.2) is 11.6 Å². The second-order valence-corrected chi connectivity index (χ2v) is 5.57. The molecule has 0 aliphatic carbocycles. The molecule has 2 heterocycles. The molecular weight excluding hydrogens is 202 g/mol. The average molecular weight is 224 g/mol. The van der Waals surface area contributed by atoms with Crippen LogP contribution < -0.4 is 0 Å². The van der Waals surface area contributed by atoms with E-state index < -0.39 is 5.97 Å². The van der Waals surface area contributed by atoms with Crippen molar-refractivity contribution in [3.05, 3.63) is 11.6 Å². The number of allylic oxidation sites excluding steroid dienone is 1. The molecule has 0 radical (unpaired) electrons. The lowest BCUT2D eigenvalue weighted by Gasteiger charge is -2.34. The summed E-state index contributed by atoms with van der Waals surface area (Å²) >= 11 is 0. The zero-order valence-electron chi connectivity index (χ0n) is 10.3. The number of carboxylic acid groups (broad SMARTS) is 1. The number of carbonyl (C=O) groups is 1. The molecule has 90 valence electrons. The van der Waals surface area contributed by atoms with E-state index in [-0.39, 0.29) is 5.92 Å². The van der Waals surface area contributed by atoms with Crippen molar-refractivity contribution < 1.29 is 14.4 Å². The highest BCUT2D eigenvalue weighted by atomic mass is 16.4. The smallest absolute Gasteiger partial charge is 0.312 e. The quantitative estimate of drug-likeness (QED) is 0.588. The molecule has 0 aromatic rings. The monoisotopic (exact) mass is 224 g/mol. The molecule has 0 amide bonds. The van der Waals surface area contributed by atoms with Crippen LogP contribution in [0.2, 0.25) is 0 Å². The number of rotatable bonds is 3. The van der Waals surface area contributed by atoms with Crippen LogP contribution in [0, 0.1) is 5.92 Å². The second-order valence-electron chi connectivity index (χ2n) is 5.57. The highest BCUT2D eigenvalue weighted by Gasteiger charge is 2.53. The van der Waals surface area contributed by atoms with Gasteiger partial charge in [-0.25, -0.2) is 0 Å². The number of aliphatic carboxylic acids is 1. The van der Waals surface area contributed by atoms with E-state index in [4.69, 9.17) is 0 Å². The Morgan fingerprint density at radius 1 is 1.38 bits per heavy atom. The van der Waals surface area contributed by atoms with Gasteiger partial charge >= 0.3 is 5.97 Å². The number of carboxylic acids is 1. The Balaban J connectivity index is 2.15. The van der Waals surface area contributed by atoms with Crippen molar-refractivity contribution in [3.8, 4) is 0 Å². The minimum Gasteiger partial charge on any atom is -0.481 e. The summed E-state index contributed by atoms with van der Waals surface area (Å²) in [4.78, 5) is 11.2. The van der Waals surface area contributed by atoms with Crippen molar-refractivity contribution in [2.75, 3.05) is 19.6 Å². The van der Waals surface area contributed by atoms with Crippen LogP contribution in [0.25, 0.3) is 0 Å². The number of quaternary nitrogens is 1. The largest absolute Gasteiger partial charge is 0.481 e. The van der Waals surface area contributed by atoms with E-state index in [0.717, 1.165) is 30.4 Å². The summed E-state index contributed by atoms with van der Waals surface area (Å²) in [5.41, 5.74) is 1.34. The number of hydrogen-bond acceptors (Lipinski definition) is 1. The molecule has 2 rings (SSSR count). The lowest BCUT2D eigenvalue weighted by atomic mass is 9.98. The van der Waals surface area contributed by atoms with Gasteiger partial charge in [-0.1, -0.05) is 5.57 Å². The zero-order valence-corrected chi connectivity index (χ0v) is 10.3. The van der Waals surface area contributed by atoms with Crippen LogP contribution >= 0.6 is 0 Å². The van der Waals surface area contributed by atoms with Gasteiger partial charge in [0.1, 0.15) is 12.0 Å². The normalized spacial score (nSPS) is 37.1. The Morgan fingerprint density at radius 2 is 2.12 bits per heavy atom. The molecule has 2 saturated heterocycles. The van der Waals surface area contributed by atoms with Crippen molar-refractivity contribution >= 4 is 5.97 Å². The maximum absolute atomic E-state index is 11.2. The summed E-state index contributed by atoms with van der Waals surface area (Å²) in [6.07, 6.45) is 5.46. The third-order valence-corrected chi connectivity index (χ3v) is 4.34. The third-order valence-electron chi connectivity index (χ3n) is 4.34. The van der Waals surface area contributed by atoms with Crippen molar-refractivity contribution in [1.29, 1.82) is 0 Å². The lowest BCUT2D eigenvalue weighted by molar-refractivity contribution is -0.923. The Hall–Kier alpha value is -0.830.